The number of hydrogen-bond donors (Lipinski definition) is 2. The number of anilines is 1. The van der Waals surface area contributed by atoms with Crippen molar-refractivity contribution in [3.8, 4) is 0 Å². The van der Waals surface area contributed by atoms with Gasteiger partial charge in [-0.2, -0.15) is 0 Å². The highest BCUT2D eigenvalue weighted by Gasteiger charge is 2.28. The minimum Gasteiger partial charge on any atom is -0.335 e. The maximum absolute atomic E-state index is 12.9. The number of amides is 3. The standard InChI is InChI=1S/C19H20ClN5O4S/c20-14-6-5-12(25(28)29)9-13(14)17(26)24-8-7-15-16(10-24)30-19(22-15)23-18(27)21-11-3-1-2-4-11/h5-6,9,11H,1-4,7-8,10H2,(H2,21,22,23,27). The number of hydrogen-bond acceptors (Lipinski definition) is 6. The molecule has 1 aliphatic carbocycles. The van der Waals surface area contributed by atoms with E-state index in [1.54, 1.807) is 4.90 Å². The van der Waals surface area contributed by atoms with Gasteiger partial charge in [-0.25, -0.2) is 9.78 Å². The summed E-state index contributed by atoms with van der Waals surface area (Å²) in [6.45, 7) is 0.735. The van der Waals surface area contributed by atoms with Crippen LogP contribution in [-0.4, -0.2) is 39.3 Å². The third kappa shape index (κ3) is 4.39. The fourth-order valence-corrected chi connectivity index (χ4v) is 4.99. The zero-order valence-electron chi connectivity index (χ0n) is 16.0. The monoisotopic (exact) mass is 449 g/mol. The Labute approximate surface area is 181 Å². The van der Waals surface area contributed by atoms with Crippen molar-refractivity contribution in [2.24, 2.45) is 0 Å². The van der Waals surface area contributed by atoms with Gasteiger partial charge in [0.25, 0.3) is 11.6 Å². The van der Waals surface area contributed by atoms with Crippen LogP contribution in [0.25, 0.3) is 0 Å². The third-order valence-corrected chi connectivity index (χ3v) is 6.65. The van der Waals surface area contributed by atoms with Gasteiger partial charge in [-0.1, -0.05) is 35.8 Å². The Morgan fingerprint density at radius 3 is 2.80 bits per heavy atom. The summed E-state index contributed by atoms with van der Waals surface area (Å²) in [6.07, 6.45) is 4.80. The smallest absolute Gasteiger partial charge is 0.321 e. The van der Waals surface area contributed by atoms with Crippen LogP contribution in [-0.2, 0) is 13.0 Å². The minimum atomic E-state index is -0.556. The van der Waals surface area contributed by atoms with Gasteiger partial charge in [0.2, 0.25) is 0 Å². The van der Waals surface area contributed by atoms with Crippen molar-refractivity contribution in [1.29, 1.82) is 0 Å². The summed E-state index contributed by atoms with van der Waals surface area (Å²) < 4.78 is 0. The van der Waals surface area contributed by atoms with E-state index in [1.165, 1.54) is 29.5 Å². The molecule has 3 amide bonds. The molecule has 0 radical (unpaired) electrons. The first kappa shape index (κ1) is 20.5. The van der Waals surface area contributed by atoms with Crippen LogP contribution in [0.4, 0.5) is 15.6 Å². The first-order chi connectivity index (χ1) is 14.4. The number of carbonyl (C=O) groups is 2. The molecule has 158 valence electrons. The lowest BCUT2D eigenvalue weighted by molar-refractivity contribution is -0.384. The molecule has 9 nitrogen and oxygen atoms in total. The van der Waals surface area contributed by atoms with Gasteiger partial charge in [-0.15, -0.1) is 0 Å². The van der Waals surface area contributed by atoms with E-state index < -0.39 is 4.92 Å². The van der Waals surface area contributed by atoms with E-state index in [0.29, 0.717) is 24.6 Å². The average Bonchev–Trinajstić information content (AvgIpc) is 3.35. The topological polar surface area (TPSA) is 117 Å². The number of nitro benzene ring substituents is 1. The summed E-state index contributed by atoms with van der Waals surface area (Å²) in [4.78, 5) is 42.5. The second-order valence-corrected chi connectivity index (χ2v) is 8.86. The van der Waals surface area contributed by atoms with Crippen molar-refractivity contribution in [2.45, 2.75) is 44.7 Å². The molecule has 2 heterocycles. The summed E-state index contributed by atoms with van der Waals surface area (Å²) in [5.74, 6) is -0.365. The van der Waals surface area contributed by atoms with Gasteiger partial charge in [0.15, 0.2) is 5.13 Å². The lowest BCUT2D eigenvalue weighted by atomic mass is 10.1. The lowest BCUT2D eigenvalue weighted by Crippen LogP contribution is -2.36. The van der Waals surface area contributed by atoms with E-state index in [2.05, 4.69) is 15.6 Å². The quantitative estimate of drug-likeness (QED) is 0.541. The molecule has 0 saturated heterocycles. The minimum absolute atomic E-state index is 0.105. The molecule has 2 aromatic rings. The van der Waals surface area contributed by atoms with Crippen LogP contribution < -0.4 is 10.6 Å². The number of fused-ring (bicyclic) bond motifs is 1. The molecule has 0 spiro atoms. The van der Waals surface area contributed by atoms with Gasteiger partial charge < -0.3 is 10.2 Å². The molecule has 0 unspecified atom stereocenters. The van der Waals surface area contributed by atoms with E-state index in [0.717, 1.165) is 36.3 Å². The predicted octanol–water partition coefficient (Wildman–Crippen LogP) is 3.97. The highest BCUT2D eigenvalue weighted by atomic mass is 35.5. The lowest BCUT2D eigenvalue weighted by Gasteiger charge is -2.26. The van der Waals surface area contributed by atoms with E-state index in [1.807, 2.05) is 0 Å². The summed E-state index contributed by atoms with van der Waals surface area (Å²) >= 11 is 7.44. The number of rotatable bonds is 4. The molecule has 30 heavy (non-hydrogen) atoms. The van der Waals surface area contributed by atoms with Crippen LogP contribution in [0.15, 0.2) is 18.2 Å². The summed E-state index contributed by atoms with van der Waals surface area (Å²) in [7, 11) is 0. The third-order valence-electron chi connectivity index (χ3n) is 5.32. The Hall–Kier alpha value is -2.72. The number of urea groups is 1. The molecule has 1 saturated carbocycles. The van der Waals surface area contributed by atoms with Crippen molar-refractivity contribution in [1.82, 2.24) is 15.2 Å². The number of benzene rings is 1. The van der Waals surface area contributed by atoms with Crippen LogP contribution in [0.3, 0.4) is 0 Å². The van der Waals surface area contributed by atoms with Gasteiger partial charge >= 0.3 is 6.03 Å². The fraction of sp³-hybridized carbons (Fsp3) is 0.421. The van der Waals surface area contributed by atoms with Crippen molar-refractivity contribution >= 4 is 45.7 Å². The molecule has 1 aromatic carbocycles. The largest absolute Gasteiger partial charge is 0.335 e. The normalized spacial score (nSPS) is 16.2. The van der Waals surface area contributed by atoms with Gasteiger partial charge in [0.1, 0.15) is 0 Å². The summed E-state index contributed by atoms with van der Waals surface area (Å²) in [5.41, 5.74) is 0.775. The summed E-state index contributed by atoms with van der Waals surface area (Å²) in [5, 5.41) is 17.4. The molecule has 1 aromatic heterocycles. The molecule has 2 N–H and O–H groups in total. The molecule has 4 rings (SSSR count). The van der Waals surface area contributed by atoms with Crippen LogP contribution in [0.5, 0.6) is 0 Å². The van der Waals surface area contributed by atoms with Crippen LogP contribution in [0, 0.1) is 10.1 Å². The number of nitrogens with zero attached hydrogens (tertiary/aromatic N) is 3. The maximum Gasteiger partial charge on any atom is 0.321 e. The number of carbonyl (C=O) groups excluding carboxylic acids is 2. The first-order valence-corrected chi connectivity index (χ1v) is 10.9. The summed E-state index contributed by atoms with van der Waals surface area (Å²) in [6, 6.07) is 3.79. The van der Waals surface area contributed by atoms with Crippen molar-refractivity contribution in [3.05, 3.63) is 49.5 Å². The zero-order chi connectivity index (χ0) is 21.3. The van der Waals surface area contributed by atoms with Gasteiger partial charge in [-0.3, -0.25) is 20.2 Å². The Morgan fingerprint density at radius 1 is 1.30 bits per heavy atom. The average molecular weight is 450 g/mol. The maximum atomic E-state index is 12.9. The van der Waals surface area contributed by atoms with Crippen LogP contribution >= 0.6 is 22.9 Å². The Balaban J connectivity index is 1.43. The number of nitro groups is 1. The van der Waals surface area contributed by atoms with E-state index in [9.17, 15) is 19.7 Å². The molecule has 0 atom stereocenters. The zero-order valence-corrected chi connectivity index (χ0v) is 17.6. The molecular weight excluding hydrogens is 430 g/mol. The van der Waals surface area contributed by atoms with Crippen LogP contribution in [0.2, 0.25) is 5.02 Å². The van der Waals surface area contributed by atoms with Gasteiger partial charge in [-0.05, 0) is 18.9 Å². The second-order valence-electron chi connectivity index (χ2n) is 7.37. The van der Waals surface area contributed by atoms with E-state index >= 15 is 0 Å². The first-order valence-electron chi connectivity index (χ1n) is 9.70. The van der Waals surface area contributed by atoms with E-state index in [4.69, 9.17) is 11.6 Å². The van der Waals surface area contributed by atoms with Gasteiger partial charge in [0, 0.05) is 36.0 Å². The van der Waals surface area contributed by atoms with Gasteiger partial charge in [0.05, 0.1) is 27.7 Å². The fourth-order valence-electron chi connectivity index (χ4n) is 3.77. The predicted molar refractivity (Wildman–Crippen MR) is 113 cm³/mol. The molecular formula is C19H20ClN5O4S. The number of non-ortho nitro benzene ring substituents is 1. The second kappa shape index (κ2) is 8.57. The van der Waals surface area contributed by atoms with Crippen molar-refractivity contribution in [3.63, 3.8) is 0 Å². The number of thiazole rings is 1. The van der Waals surface area contributed by atoms with Crippen molar-refractivity contribution < 1.29 is 14.5 Å². The highest BCUT2D eigenvalue weighted by Crippen LogP contribution is 2.31. The number of aromatic nitrogens is 1. The number of halogens is 1. The Kier molecular flexibility index (Phi) is 5.87. The highest BCUT2D eigenvalue weighted by molar-refractivity contribution is 7.15. The van der Waals surface area contributed by atoms with E-state index in [-0.39, 0.29) is 34.3 Å². The Morgan fingerprint density at radius 2 is 2.07 bits per heavy atom. The van der Waals surface area contributed by atoms with Crippen molar-refractivity contribution in [2.75, 3.05) is 11.9 Å². The van der Waals surface area contributed by atoms with Crippen LogP contribution in [0.1, 0.15) is 46.6 Å². The molecule has 0 bridgehead atoms. The molecule has 1 fully saturated rings. The molecule has 1 aliphatic heterocycles. The SMILES string of the molecule is O=C(Nc1nc2c(s1)CN(C(=O)c1cc([N+](=O)[O-])ccc1Cl)CC2)NC1CCCC1. The molecule has 2 aliphatic rings. The molecule has 11 heteroatoms. The Bertz CT molecular complexity index is 1000. The number of nitrogens with one attached hydrogen (secondary N) is 2.